The molecule has 1 fully saturated rings. The van der Waals surface area contributed by atoms with Crippen LogP contribution in [-0.2, 0) is 6.54 Å². The summed E-state index contributed by atoms with van der Waals surface area (Å²) in [5, 5.41) is 7.37. The van der Waals surface area contributed by atoms with Gasteiger partial charge in [-0.2, -0.15) is 9.97 Å². The van der Waals surface area contributed by atoms with Gasteiger partial charge >= 0.3 is 0 Å². The fourth-order valence-electron chi connectivity index (χ4n) is 2.90. The second-order valence-corrected chi connectivity index (χ2v) is 7.54. The average Bonchev–Trinajstić information content (AvgIpc) is 2.68. The monoisotopic (exact) mass is 405 g/mol. The summed E-state index contributed by atoms with van der Waals surface area (Å²) >= 11 is 11.3. The molecule has 1 aliphatic rings. The summed E-state index contributed by atoms with van der Waals surface area (Å²) in [6.45, 7) is 4.85. The van der Waals surface area contributed by atoms with E-state index in [0.717, 1.165) is 43.2 Å². The molecular formula is C19H24ClN5OS. The van der Waals surface area contributed by atoms with Crippen LogP contribution in [0.4, 0.5) is 11.8 Å². The van der Waals surface area contributed by atoms with Gasteiger partial charge in [-0.3, -0.25) is 0 Å². The quantitative estimate of drug-likeness (QED) is 0.732. The molecule has 0 atom stereocenters. The lowest BCUT2D eigenvalue weighted by molar-refractivity contribution is 0.396. The van der Waals surface area contributed by atoms with Crippen molar-refractivity contribution in [2.75, 3.05) is 30.4 Å². The average molecular weight is 406 g/mol. The van der Waals surface area contributed by atoms with Crippen LogP contribution in [0.3, 0.4) is 0 Å². The van der Waals surface area contributed by atoms with E-state index in [0.29, 0.717) is 28.5 Å². The number of benzene rings is 1. The van der Waals surface area contributed by atoms with E-state index in [1.807, 2.05) is 30.3 Å². The smallest absolute Gasteiger partial charge is 0.234 e. The van der Waals surface area contributed by atoms with Gasteiger partial charge in [0.25, 0.3) is 0 Å². The highest BCUT2D eigenvalue weighted by Crippen LogP contribution is 2.25. The van der Waals surface area contributed by atoms with E-state index in [4.69, 9.17) is 28.6 Å². The lowest BCUT2D eigenvalue weighted by Crippen LogP contribution is -2.34. The first-order chi connectivity index (χ1) is 13.0. The first-order valence-corrected chi connectivity index (χ1v) is 9.79. The number of nitrogens with zero attached hydrogens (tertiary/aromatic N) is 3. The van der Waals surface area contributed by atoms with Crippen LogP contribution in [0.15, 0.2) is 30.3 Å². The number of hydrogen-bond donors (Lipinski definition) is 2. The summed E-state index contributed by atoms with van der Waals surface area (Å²) in [4.78, 5) is 11.2. The Morgan fingerprint density at radius 3 is 2.63 bits per heavy atom. The molecule has 0 spiro atoms. The molecule has 2 aromatic rings. The maximum Gasteiger partial charge on any atom is 0.234 e. The van der Waals surface area contributed by atoms with Crippen molar-refractivity contribution in [1.82, 2.24) is 15.3 Å². The molecule has 1 saturated heterocycles. The van der Waals surface area contributed by atoms with Gasteiger partial charge in [-0.15, -0.1) is 0 Å². The summed E-state index contributed by atoms with van der Waals surface area (Å²) in [5.74, 6) is 2.56. The van der Waals surface area contributed by atoms with Crippen LogP contribution in [0.5, 0.6) is 5.88 Å². The van der Waals surface area contributed by atoms with Crippen LogP contribution in [-0.4, -0.2) is 35.3 Å². The van der Waals surface area contributed by atoms with Gasteiger partial charge in [-0.25, -0.2) is 0 Å². The number of hydrogen-bond acceptors (Lipinski definition) is 5. The van der Waals surface area contributed by atoms with Gasteiger partial charge in [0.15, 0.2) is 5.11 Å². The molecule has 0 saturated carbocycles. The van der Waals surface area contributed by atoms with E-state index >= 15 is 0 Å². The minimum atomic E-state index is 0.427. The Bertz CT molecular complexity index is 778. The number of methoxy groups -OCH3 is 1. The van der Waals surface area contributed by atoms with E-state index in [9.17, 15) is 0 Å². The second kappa shape index (κ2) is 9.19. The predicted molar refractivity (Wildman–Crippen MR) is 114 cm³/mol. The zero-order valence-electron chi connectivity index (χ0n) is 15.5. The standard InChI is InChI=1S/C19H24ClN5OS/c1-13-7-9-25(10-8-13)16-11-17(26-2)23-18(22-16)24-19(27)21-12-14-3-5-15(20)6-4-14/h3-6,11,13H,7-10,12H2,1-2H3,(H2,21,22,23,24,27). The Morgan fingerprint density at radius 1 is 1.26 bits per heavy atom. The van der Waals surface area contributed by atoms with Gasteiger partial charge in [0.1, 0.15) is 5.82 Å². The van der Waals surface area contributed by atoms with E-state index in [-0.39, 0.29) is 0 Å². The second-order valence-electron chi connectivity index (χ2n) is 6.70. The maximum absolute atomic E-state index is 5.91. The molecular weight excluding hydrogens is 382 g/mol. The lowest BCUT2D eigenvalue weighted by atomic mass is 9.99. The van der Waals surface area contributed by atoms with E-state index in [1.165, 1.54) is 0 Å². The summed E-state index contributed by atoms with van der Waals surface area (Å²) in [6.07, 6.45) is 2.33. The van der Waals surface area contributed by atoms with Gasteiger partial charge in [-0.1, -0.05) is 30.7 Å². The van der Waals surface area contributed by atoms with Crippen LogP contribution in [0, 0.1) is 5.92 Å². The minimum Gasteiger partial charge on any atom is -0.481 e. The van der Waals surface area contributed by atoms with Crippen molar-refractivity contribution in [1.29, 1.82) is 0 Å². The molecule has 144 valence electrons. The molecule has 8 heteroatoms. The molecule has 2 heterocycles. The van der Waals surface area contributed by atoms with Crippen LogP contribution in [0.1, 0.15) is 25.3 Å². The number of nitrogens with one attached hydrogen (secondary N) is 2. The van der Waals surface area contributed by atoms with Gasteiger partial charge in [-0.05, 0) is 48.7 Å². The molecule has 0 unspecified atom stereocenters. The van der Waals surface area contributed by atoms with Crippen LogP contribution >= 0.6 is 23.8 Å². The molecule has 27 heavy (non-hydrogen) atoms. The Kier molecular flexibility index (Phi) is 6.68. The molecule has 6 nitrogen and oxygen atoms in total. The highest BCUT2D eigenvalue weighted by Gasteiger charge is 2.19. The summed E-state index contributed by atoms with van der Waals surface area (Å²) in [5.41, 5.74) is 1.08. The van der Waals surface area contributed by atoms with Crippen molar-refractivity contribution >= 4 is 40.7 Å². The maximum atomic E-state index is 5.91. The number of halogens is 1. The van der Waals surface area contributed by atoms with Crippen molar-refractivity contribution in [3.05, 3.63) is 40.9 Å². The fourth-order valence-corrected chi connectivity index (χ4v) is 3.19. The minimum absolute atomic E-state index is 0.427. The fraction of sp³-hybridized carbons (Fsp3) is 0.421. The third-order valence-corrected chi connectivity index (χ3v) is 5.10. The predicted octanol–water partition coefficient (Wildman–Crippen LogP) is 3.86. The normalized spacial score (nSPS) is 14.7. The Hall–Kier alpha value is -2.12. The lowest BCUT2D eigenvalue weighted by Gasteiger charge is -2.31. The van der Waals surface area contributed by atoms with Crippen molar-refractivity contribution in [2.45, 2.75) is 26.3 Å². The first kappa shape index (κ1) is 19.6. The van der Waals surface area contributed by atoms with Crippen molar-refractivity contribution < 1.29 is 4.74 Å². The van der Waals surface area contributed by atoms with Gasteiger partial charge < -0.3 is 20.3 Å². The molecule has 0 aliphatic carbocycles. The largest absolute Gasteiger partial charge is 0.481 e. The number of aromatic nitrogens is 2. The van der Waals surface area contributed by atoms with Gasteiger partial charge in [0, 0.05) is 30.7 Å². The molecule has 1 aromatic heterocycles. The number of thiocarbonyl (C=S) groups is 1. The Balaban J connectivity index is 1.63. The summed E-state index contributed by atoms with van der Waals surface area (Å²) in [6, 6.07) is 9.48. The van der Waals surface area contributed by atoms with Crippen molar-refractivity contribution in [3.8, 4) is 5.88 Å². The highest BCUT2D eigenvalue weighted by molar-refractivity contribution is 7.80. The van der Waals surface area contributed by atoms with Crippen molar-refractivity contribution in [3.63, 3.8) is 0 Å². The van der Waals surface area contributed by atoms with Crippen LogP contribution in [0.25, 0.3) is 0 Å². The molecule has 3 rings (SSSR count). The topological polar surface area (TPSA) is 62.3 Å². The van der Waals surface area contributed by atoms with E-state index < -0.39 is 0 Å². The van der Waals surface area contributed by atoms with Gasteiger partial charge in [0.05, 0.1) is 7.11 Å². The zero-order chi connectivity index (χ0) is 19.2. The summed E-state index contributed by atoms with van der Waals surface area (Å²) < 4.78 is 5.34. The zero-order valence-corrected chi connectivity index (χ0v) is 17.1. The van der Waals surface area contributed by atoms with E-state index in [2.05, 4.69) is 32.4 Å². The van der Waals surface area contributed by atoms with Crippen LogP contribution < -0.4 is 20.3 Å². The Labute approximate surface area is 170 Å². The molecule has 1 aromatic carbocycles. The third-order valence-electron chi connectivity index (χ3n) is 4.60. The van der Waals surface area contributed by atoms with Crippen molar-refractivity contribution in [2.24, 2.45) is 5.92 Å². The molecule has 0 amide bonds. The SMILES string of the molecule is COc1cc(N2CCC(C)CC2)nc(NC(=S)NCc2ccc(Cl)cc2)n1. The first-order valence-electron chi connectivity index (χ1n) is 9.01. The molecule has 0 radical (unpaired) electrons. The van der Waals surface area contributed by atoms with Crippen LogP contribution in [0.2, 0.25) is 5.02 Å². The number of piperidine rings is 1. The molecule has 1 aliphatic heterocycles. The third kappa shape index (κ3) is 5.68. The van der Waals surface area contributed by atoms with E-state index in [1.54, 1.807) is 7.11 Å². The highest BCUT2D eigenvalue weighted by atomic mass is 35.5. The Morgan fingerprint density at radius 2 is 1.96 bits per heavy atom. The number of rotatable bonds is 5. The number of ether oxygens (including phenoxy) is 1. The number of anilines is 2. The van der Waals surface area contributed by atoms with Gasteiger partial charge in [0.2, 0.25) is 11.8 Å². The molecule has 2 N–H and O–H groups in total. The summed E-state index contributed by atoms with van der Waals surface area (Å²) in [7, 11) is 1.60. The molecule has 0 bridgehead atoms.